The third-order valence-electron chi connectivity index (χ3n) is 3.40. The number of hydrogen-bond donors (Lipinski definition) is 0. The standard InChI is InChI=1S/C19H23FN2O5/c1-7-21(18(25)27-19(3,4)5)22-11(2)14(17(24)26-6)12-9-8-10-13(20)15(12)16(22)23/h8-10H,7H2,1-6H3/i1D3,2D3,7D2. The number of esters is 1. The van der Waals surface area contributed by atoms with Crippen LogP contribution in [0.25, 0.3) is 10.8 Å². The van der Waals surface area contributed by atoms with Gasteiger partial charge in [0.05, 0.1) is 26.5 Å². The Morgan fingerprint density at radius 1 is 1.37 bits per heavy atom. The number of methoxy groups -OCH3 is 1. The fourth-order valence-corrected chi connectivity index (χ4v) is 2.37. The summed E-state index contributed by atoms with van der Waals surface area (Å²) in [4.78, 5) is 39.3. The molecule has 0 bridgehead atoms. The van der Waals surface area contributed by atoms with E-state index >= 15 is 0 Å². The van der Waals surface area contributed by atoms with E-state index in [-0.39, 0.29) is 9.69 Å². The minimum atomic E-state index is -3.77. The topological polar surface area (TPSA) is 77.8 Å². The highest BCUT2D eigenvalue weighted by Crippen LogP contribution is 2.23. The van der Waals surface area contributed by atoms with Gasteiger partial charge in [-0.15, -0.1) is 0 Å². The largest absolute Gasteiger partial charge is 0.465 e. The van der Waals surface area contributed by atoms with Crippen molar-refractivity contribution in [3.05, 3.63) is 45.6 Å². The van der Waals surface area contributed by atoms with Crippen molar-refractivity contribution in [1.82, 2.24) is 4.68 Å². The van der Waals surface area contributed by atoms with Crippen LogP contribution in [0, 0.1) is 12.7 Å². The summed E-state index contributed by atoms with van der Waals surface area (Å²) in [6.07, 6.45) is -1.78. The molecule has 8 heteroatoms. The number of benzene rings is 1. The Morgan fingerprint density at radius 3 is 2.63 bits per heavy atom. The maximum atomic E-state index is 14.8. The lowest BCUT2D eigenvalue weighted by Gasteiger charge is -2.29. The predicted molar refractivity (Wildman–Crippen MR) is 99.2 cm³/mol. The molecule has 1 aromatic heterocycles. The van der Waals surface area contributed by atoms with Crippen LogP contribution in [0.5, 0.6) is 0 Å². The number of rotatable bonds is 3. The smallest absolute Gasteiger partial charge is 0.429 e. The normalized spacial score (nSPS) is 17.2. The van der Waals surface area contributed by atoms with Crippen molar-refractivity contribution in [2.45, 2.75) is 40.1 Å². The molecule has 0 spiro atoms. The van der Waals surface area contributed by atoms with Gasteiger partial charge in [0.1, 0.15) is 11.4 Å². The molecule has 7 nitrogen and oxygen atoms in total. The average Bonchev–Trinajstić information content (AvgIpc) is 2.65. The number of aromatic nitrogens is 1. The van der Waals surface area contributed by atoms with E-state index in [1.165, 1.54) is 20.8 Å². The van der Waals surface area contributed by atoms with Gasteiger partial charge in [-0.1, -0.05) is 12.1 Å². The second-order valence-electron chi connectivity index (χ2n) is 6.40. The van der Waals surface area contributed by atoms with Crippen molar-refractivity contribution < 1.29 is 34.4 Å². The van der Waals surface area contributed by atoms with Crippen LogP contribution in [0.2, 0.25) is 0 Å². The molecule has 0 radical (unpaired) electrons. The van der Waals surface area contributed by atoms with E-state index in [2.05, 4.69) is 4.74 Å². The summed E-state index contributed by atoms with van der Waals surface area (Å²) >= 11 is 0. The van der Waals surface area contributed by atoms with Crippen LogP contribution in [0.15, 0.2) is 23.0 Å². The van der Waals surface area contributed by atoms with Crippen LogP contribution in [0.1, 0.15) is 54.6 Å². The number of pyridine rings is 1. The highest BCUT2D eigenvalue weighted by molar-refractivity contribution is 6.05. The Hall–Kier alpha value is -2.90. The highest BCUT2D eigenvalue weighted by atomic mass is 19.1. The van der Waals surface area contributed by atoms with Gasteiger partial charge in [-0.25, -0.2) is 23.7 Å². The molecule has 0 aliphatic heterocycles. The first-order chi connectivity index (χ1) is 15.7. The molecule has 146 valence electrons. The number of carbonyl (C=O) groups excluding carboxylic acids is 2. The van der Waals surface area contributed by atoms with Gasteiger partial charge in [0.25, 0.3) is 5.56 Å². The van der Waals surface area contributed by atoms with Gasteiger partial charge in [-0.3, -0.25) is 4.79 Å². The number of halogens is 1. The second kappa shape index (κ2) is 7.38. The summed E-state index contributed by atoms with van der Waals surface area (Å²) in [6.45, 7) is -6.82. The van der Waals surface area contributed by atoms with E-state index in [0.29, 0.717) is 0 Å². The van der Waals surface area contributed by atoms with Crippen molar-refractivity contribution in [3.63, 3.8) is 0 Å². The van der Waals surface area contributed by atoms with Crippen LogP contribution < -0.4 is 10.6 Å². The number of carbonyl (C=O) groups is 2. The summed E-state index contributed by atoms with van der Waals surface area (Å²) in [5, 5.41) is -1.77. The van der Waals surface area contributed by atoms with Gasteiger partial charge in [-0.2, -0.15) is 0 Å². The van der Waals surface area contributed by atoms with Gasteiger partial charge in [0.2, 0.25) is 0 Å². The Morgan fingerprint density at radius 2 is 2.07 bits per heavy atom. The molecule has 1 amide bonds. The van der Waals surface area contributed by atoms with E-state index in [9.17, 15) is 18.8 Å². The van der Waals surface area contributed by atoms with Gasteiger partial charge in [0.15, 0.2) is 0 Å². The van der Waals surface area contributed by atoms with Crippen LogP contribution >= 0.6 is 0 Å². The number of amides is 1. The third kappa shape index (κ3) is 3.79. The van der Waals surface area contributed by atoms with Crippen molar-refractivity contribution in [3.8, 4) is 0 Å². The number of hydrogen-bond acceptors (Lipinski definition) is 5. The molecule has 0 N–H and O–H groups in total. The van der Waals surface area contributed by atoms with E-state index in [4.69, 9.17) is 15.7 Å². The lowest BCUT2D eigenvalue weighted by atomic mass is 10.0. The first-order valence-corrected chi connectivity index (χ1v) is 7.66. The van der Waals surface area contributed by atoms with Crippen molar-refractivity contribution in [1.29, 1.82) is 0 Å². The zero-order valence-electron chi connectivity index (χ0n) is 23.0. The SMILES string of the molecule is [2H]C([2H])([2H])c1c(C(=O)OC)c2cccc(F)c2c(=O)n1N(C(=O)OC(C)(C)C)C([2H])([2H])C([2H])([2H])[2H]. The number of nitrogens with zero attached hydrogens (tertiary/aromatic N) is 2. The lowest BCUT2D eigenvalue weighted by Crippen LogP contribution is -2.50. The zero-order valence-corrected chi connectivity index (χ0v) is 15.0. The van der Waals surface area contributed by atoms with Gasteiger partial charge < -0.3 is 9.47 Å². The summed E-state index contributed by atoms with van der Waals surface area (Å²) in [5.74, 6) is -2.61. The van der Waals surface area contributed by atoms with E-state index in [0.717, 1.165) is 25.3 Å². The first-order valence-electron chi connectivity index (χ1n) is 11.7. The molecule has 0 saturated heterocycles. The molecule has 0 atom stereocenters. The number of fused-ring (bicyclic) bond motifs is 1. The summed E-state index contributed by atoms with van der Waals surface area (Å²) in [7, 11) is 0.875. The summed E-state index contributed by atoms with van der Waals surface area (Å²) in [6, 6.07) is 2.95. The molecule has 0 saturated carbocycles. The third-order valence-corrected chi connectivity index (χ3v) is 3.40. The van der Waals surface area contributed by atoms with Gasteiger partial charge in [-0.05, 0) is 40.5 Å². The Labute approximate surface area is 167 Å². The van der Waals surface area contributed by atoms with Crippen molar-refractivity contribution >= 4 is 22.8 Å². The maximum Gasteiger partial charge on any atom is 0.429 e. The van der Waals surface area contributed by atoms with Crippen molar-refractivity contribution in [2.24, 2.45) is 0 Å². The van der Waals surface area contributed by atoms with E-state index in [1.807, 2.05) is 0 Å². The molecule has 1 aromatic carbocycles. The van der Waals surface area contributed by atoms with Crippen LogP contribution in [-0.4, -0.2) is 35.9 Å². The fraction of sp³-hybridized carbons (Fsp3) is 0.421. The van der Waals surface area contributed by atoms with Crippen LogP contribution in [-0.2, 0) is 9.47 Å². The van der Waals surface area contributed by atoms with Gasteiger partial charge >= 0.3 is 12.1 Å². The van der Waals surface area contributed by atoms with Crippen molar-refractivity contribution in [2.75, 3.05) is 18.6 Å². The molecular formula is C19H23FN2O5. The highest BCUT2D eigenvalue weighted by Gasteiger charge is 2.28. The minimum Gasteiger partial charge on any atom is -0.465 e. The maximum absolute atomic E-state index is 14.8. The van der Waals surface area contributed by atoms with Crippen LogP contribution in [0.4, 0.5) is 9.18 Å². The van der Waals surface area contributed by atoms with E-state index in [1.54, 1.807) is 0 Å². The summed E-state index contributed by atoms with van der Waals surface area (Å²) in [5.41, 5.74) is -5.14. The molecule has 0 aliphatic rings. The Kier molecular flexibility index (Phi) is 3.21. The predicted octanol–water partition coefficient (Wildman–Crippen LogP) is 3.13. The molecule has 27 heavy (non-hydrogen) atoms. The van der Waals surface area contributed by atoms with E-state index < -0.39 is 71.3 Å². The molecule has 0 fully saturated rings. The molecule has 0 unspecified atom stereocenters. The Bertz CT molecular complexity index is 1230. The molecule has 1 heterocycles. The monoisotopic (exact) mass is 386 g/mol. The first kappa shape index (κ1) is 11.7. The van der Waals surface area contributed by atoms with Gasteiger partial charge in [0, 0.05) is 20.1 Å². The minimum absolute atomic E-state index is 0.175. The fourth-order valence-electron chi connectivity index (χ4n) is 2.37. The molecular weight excluding hydrogens is 355 g/mol. The lowest BCUT2D eigenvalue weighted by molar-refractivity contribution is 0.0531. The van der Waals surface area contributed by atoms with Crippen LogP contribution in [0.3, 0.4) is 0 Å². The average molecular weight is 386 g/mol. The Balaban J connectivity index is 3.29. The molecule has 0 aliphatic carbocycles. The molecule has 2 aromatic rings. The second-order valence-corrected chi connectivity index (χ2v) is 6.40. The zero-order chi connectivity index (χ0) is 27.3. The quantitative estimate of drug-likeness (QED) is 0.758. The molecule has 2 rings (SSSR count). The summed E-state index contributed by atoms with van der Waals surface area (Å²) < 4.78 is 87.3. The number of ether oxygens (including phenoxy) is 2.